The molecule has 2 rings (SSSR count). The molecule has 1 aliphatic rings. The largest absolute Gasteiger partial charge is 0.467 e. The molecule has 8 heteroatoms. The fourth-order valence-corrected chi connectivity index (χ4v) is 1.83. The third-order valence-electron chi connectivity index (χ3n) is 2.86. The molecule has 2 atom stereocenters. The quantitative estimate of drug-likeness (QED) is 0.641. The van der Waals surface area contributed by atoms with Crippen molar-refractivity contribution in [2.45, 2.75) is 25.6 Å². The number of aliphatic hydroxyl groups is 2. The van der Waals surface area contributed by atoms with Gasteiger partial charge in [-0.05, 0) is 6.42 Å². The van der Waals surface area contributed by atoms with Gasteiger partial charge in [-0.2, -0.15) is 15.0 Å². The summed E-state index contributed by atoms with van der Waals surface area (Å²) in [6.45, 7) is 3.38. The van der Waals surface area contributed by atoms with Crippen molar-refractivity contribution in [3.05, 3.63) is 0 Å². The summed E-state index contributed by atoms with van der Waals surface area (Å²) in [6.07, 6.45) is -0.616. The first kappa shape index (κ1) is 13.8. The molecule has 1 aliphatic heterocycles. The van der Waals surface area contributed by atoms with Gasteiger partial charge in [-0.1, -0.05) is 6.92 Å². The minimum Gasteiger partial charge on any atom is -0.467 e. The van der Waals surface area contributed by atoms with Gasteiger partial charge in [0.1, 0.15) is 0 Å². The Hall–Kier alpha value is -1.67. The van der Waals surface area contributed by atoms with Gasteiger partial charge in [-0.3, -0.25) is 0 Å². The zero-order chi connectivity index (χ0) is 13.8. The molecular formula is C11H19N5O3. The average molecular weight is 269 g/mol. The molecule has 0 bridgehead atoms. The Kier molecular flexibility index (Phi) is 4.33. The number of ether oxygens (including phenoxy) is 1. The van der Waals surface area contributed by atoms with E-state index in [0.717, 1.165) is 13.0 Å². The molecule has 0 aliphatic carbocycles. The molecule has 1 aromatic heterocycles. The zero-order valence-electron chi connectivity index (χ0n) is 11.1. The monoisotopic (exact) mass is 269 g/mol. The Bertz CT molecular complexity index is 421. The molecule has 2 unspecified atom stereocenters. The molecule has 0 amide bonds. The van der Waals surface area contributed by atoms with Crippen molar-refractivity contribution >= 4 is 11.9 Å². The fraction of sp³-hybridized carbons (Fsp3) is 0.727. The van der Waals surface area contributed by atoms with E-state index in [4.69, 9.17) is 4.74 Å². The van der Waals surface area contributed by atoms with Gasteiger partial charge < -0.3 is 25.2 Å². The molecule has 8 nitrogen and oxygen atoms in total. The van der Waals surface area contributed by atoms with Gasteiger partial charge in [0.25, 0.3) is 0 Å². The van der Waals surface area contributed by atoms with Crippen LogP contribution in [0, 0.1) is 0 Å². The Morgan fingerprint density at radius 2 is 1.95 bits per heavy atom. The van der Waals surface area contributed by atoms with Crippen LogP contribution >= 0.6 is 0 Å². The van der Waals surface area contributed by atoms with Crippen LogP contribution in [0.4, 0.5) is 11.9 Å². The lowest BCUT2D eigenvalue weighted by Crippen LogP contribution is -2.24. The number of hydrogen-bond acceptors (Lipinski definition) is 8. The molecule has 106 valence electrons. The van der Waals surface area contributed by atoms with Crippen LogP contribution in [0.1, 0.15) is 13.3 Å². The number of hydrogen-bond donors (Lipinski definition) is 3. The standard InChI is InChI=1S/C11H19N5O3/c1-3-4-12-9-13-10(15-11(14-9)19-2)16-5-7(17)8(18)6-16/h7-8,17-18H,3-6H2,1-2H3,(H,12,13,14,15). The smallest absolute Gasteiger partial charge is 0.322 e. The van der Waals surface area contributed by atoms with Crippen LogP contribution in [0.3, 0.4) is 0 Å². The van der Waals surface area contributed by atoms with E-state index in [9.17, 15) is 10.2 Å². The van der Waals surface area contributed by atoms with E-state index in [1.165, 1.54) is 7.11 Å². The number of methoxy groups -OCH3 is 1. The minimum absolute atomic E-state index is 0.208. The molecule has 1 aromatic rings. The van der Waals surface area contributed by atoms with Crippen molar-refractivity contribution in [3.63, 3.8) is 0 Å². The van der Waals surface area contributed by atoms with Crippen molar-refractivity contribution in [1.82, 2.24) is 15.0 Å². The Morgan fingerprint density at radius 1 is 1.26 bits per heavy atom. The number of nitrogens with one attached hydrogen (secondary N) is 1. The van der Waals surface area contributed by atoms with Gasteiger partial charge in [-0.25, -0.2) is 0 Å². The normalized spacial score (nSPS) is 22.6. The maximum Gasteiger partial charge on any atom is 0.322 e. The van der Waals surface area contributed by atoms with Gasteiger partial charge in [0.05, 0.1) is 19.3 Å². The molecule has 19 heavy (non-hydrogen) atoms. The van der Waals surface area contributed by atoms with Crippen molar-refractivity contribution in [1.29, 1.82) is 0 Å². The number of β-amino-alcohol motifs (C(OH)–C–C–N with tert-alkyl or cyclic N) is 2. The van der Waals surface area contributed by atoms with E-state index in [1.807, 2.05) is 6.92 Å². The van der Waals surface area contributed by atoms with E-state index in [2.05, 4.69) is 20.3 Å². The lowest BCUT2D eigenvalue weighted by Gasteiger charge is -2.16. The van der Waals surface area contributed by atoms with Gasteiger partial charge in [0, 0.05) is 19.6 Å². The first-order valence-corrected chi connectivity index (χ1v) is 6.29. The van der Waals surface area contributed by atoms with Gasteiger partial charge >= 0.3 is 6.01 Å². The van der Waals surface area contributed by atoms with Crippen LogP contribution in [0.25, 0.3) is 0 Å². The Balaban J connectivity index is 2.19. The van der Waals surface area contributed by atoms with Crippen LogP contribution in [-0.2, 0) is 0 Å². The molecular weight excluding hydrogens is 250 g/mol. The van der Waals surface area contributed by atoms with E-state index in [0.29, 0.717) is 25.0 Å². The van der Waals surface area contributed by atoms with E-state index in [1.54, 1.807) is 4.90 Å². The predicted molar refractivity (Wildman–Crippen MR) is 69.4 cm³/mol. The highest BCUT2D eigenvalue weighted by Gasteiger charge is 2.31. The fourth-order valence-electron chi connectivity index (χ4n) is 1.83. The molecule has 2 heterocycles. The first-order chi connectivity index (χ1) is 9.13. The summed E-state index contributed by atoms with van der Waals surface area (Å²) in [5.41, 5.74) is 0. The number of aliphatic hydroxyl groups excluding tert-OH is 2. The maximum absolute atomic E-state index is 9.56. The predicted octanol–water partition coefficient (Wildman–Crippen LogP) is -0.756. The number of nitrogens with zero attached hydrogens (tertiary/aromatic N) is 4. The molecule has 1 saturated heterocycles. The average Bonchev–Trinajstić information content (AvgIpc) is 2.76. The topological polar surface area (TPSA) is 104 Å². The van der Waals surface area contributed by atoms with Crippen molar-refractivity contribution in [3.8, 4) is 6.01 Å². The minimum atomic E-state index is -0.783. The van der Waals surface area contributed by atoms with E-state index >= 15 is 0 Å². The second kappa shape index (κ2) is 5.98. The number of anilines is 2. The summed E-state index contributed by atoms with van der Waals surface area (Å²) in [5, 5.41) is 22.2. The van der Waals surface area contributed by atoms with Gasteiger partial charge in [0.2, 0.25) is 11.9 Å². The highest BCUT2D eigenvalue weighted by atomic mass is 16.5. The lowest BCUT2D eigenvalue weighted by atomic mass is 10.3. The van der Waals surface area contributed by atoms with Crippen LogP contribution < -0.4 is 15.0 Å². The summed E-state index contributed by atoms with van der Waals surface area (Å²) in [4.78, 5) is 14.2. The van der Waals surface area contributed by atoms with Crippen molar-refractivity contribution in [2.75, 3.05) is 37.0 Å². The van der Waals surface area contributed by atoms with Crippen molar-refractivity contribution in [2.24, 2.45) is 0 Å². The highest BCUT2D eigenvalue weighted by Crippen LogP contribution is 2.20. The van der Waals surface area contributed by atoms with Crippen LogP contribution in [0.2, 0.25) is 0 Å². The molecule has 3 N–H and O–H groups in total. The Morgan fingerprint density at radius 3 is 2.53 bits per heavy atom. The second-order valence-electron chi connectivity index (χ2n) is 4.41. The zero-order valence-corrected chi connectivity index (χ0v) is 11.1. The maximum atomic E-state index is 9.56. The van der Waals surface area contributed by atoms with E-state index < -0.39 is 12.2 Å². The summed E-state index contributed by atoms with van der Waals surface area (Å²) < 4.78 is 5.03. The third kappa shape index (κ3) is 3.21. The highest BCUT2D eigenvalue weighted by molar-refractivity contribution is 5.40. The van der Waals surface area contributed by atoms with Crippen LogP contribution in [0.5, 0.6) is 6.01 Å². The summed E-state index contributed by atoms with van der Waals surface area (Å²) in [7, 11) is 1.48. The van der Waals surface area contributed by atoms with Crippen LogP contribution in [-0.4, -0.2) is 64.1 Å². The van der Waals surface area contributed by atoms with Crippen molar-refractivity contribution < 1.29 is 14.9 Å². The van der Waals surface area contributed by atoms with Gasteiger partial charge in [0.15, 0.2) is 0 Å². The Labute approximate surface area is 111 Å². The lowest BCUT2D eigenvalue weighted by molar-refractivity contribution is 0.0572. The van der Waals surface area contributed by atoms with Crippen LogP contribution in [0.15, 0.2) is 0 Å². The van der Waals surface area contributed by atoms with Gasteiger partial charge in [-0.15, -0.1) is 0 Å². The first-order valence-electron chi connectivity index (χ1n) is 6.29. The van der Waals surface area contributed by atoms with E-state index in [-0.39, 0.29) is 6.01 Å². The SMILES string of the molecule is CCCNc1nc(OC)nc(N2CC(O)C(O)C2)n1. The molecule has 0 radical (unpaired) electrons. The molecule has 0 saturated carbocycles. The summed E-state index contributed by atoms with van der Waals surface area (Å²) >= 11 is 0. The number of aromatic nitrogens is 3. The summed E-state index contributed by atoms with van der Waals surface area (Å²) in [5.74, 6) is 0.820. The second-order valence-corrected chi connectivity index (χ2v) is 4.41. The third-order valence-corrected chi connectivity index (χ3v) is 2.86. The molecule has 1 fully saturated rings. The number of rotatable bonds is 5. The summed E-state index contributed by atoms with van der Waals surface area (Å²) in [6, 6.07) is 0.208. The molecule has 0 spiro atoms. The molecule has 0 aromatic carbocycles.